The summed E-state index contributed by atoms with van der Waals surface area (Å²) in [5.41, 5.74) is 1.20. The molecule has 0 amide bonds. The van der Waals surface area contributed by atoms with Crippen LogP contribution in [0.4, 0.5) is 0 Å². The van der Waals surface area contributed by atoms with E-state index in [4.69, 9.17) is 4.74 Å². The van der Waals surface area contributed by atoms with Gasteiger partial charge in [-0.15, -0.1) is 0 Å². The summed E-state index contributed by atoms with van der Waals surface area (Å²) >= 11 is 0. The summed E-state index contributed by atoms with van der Waals surface area (Å²) in [6.07, 6.45) is 7.56. The number of hydrogen-bond donors (Lipinski definition) is 1. The second kappa shape index (κ2) is 5.89. The summed E-state index contributed by atoms with van der Waals surface area (Å²) in [5.74, 6) is 1.61. The van der Waals surface area contributed by atoms with Gasteiger partial charge in [0.25, 0.3) is 0 Å². The summed E-state index contributed by atoms with van der Waals surface area (Å²) in [6.45, 7) is 1.34. The molecule has 1 aromatic carbocycles. The molecule has 4 atom stereocenters. The fraction of sp³-hybridized carbons (Fsp3) is 0.529. The van der Waals surface area contributed by atoms with Crippen LogP contribution >= 0.6 is 0 Å². The van der Waals surface area contributed by atoms with E-state index in [-0.39, 0.29) is 6.10 Å². The number of ether oxygens (including phenoxy) is 1. The standard InChI is InChI=1S/C17H22O2/c18-17-10-14-8-4-5-9-15(14)16(17)12-19-11-13-6-2-1-3-7-13/h1-7,14-18H,8-12H2/t14-,15-,16+,17+/m1/s1. The van der Waals surface area contributed by atoms with Crippen LogP contribution < -0.4 is 0 Å². The highest BCUT2D eigenvalue weighted by Crippen LogP contribution is 2.43. The van der Waals surface area contributed by atoms with Crippen molar-refractivity contribution in [1.82, 2.24) is 0 Å². The van der Waals surface area contributed by atoms with Crippen LogP contribution in [0.3, 0.4) is 0 Å². The predicted octanol–water partition coefficient (Wildman–Crippen LogP) is 3.17. The van der Waals surface area contributed by atoms with Crippen molar-refractivity contribution in [1.29, 1.82) is 0 Å². The van der Waals surface area contributed by atoms with E-state index < -0.39 is 0 Å². The Morgan fingerprint density at radius 2 is 1.89 bits per heavy atom. The first-order chi connectivity index (χ1) is 9.34. The molecule has 0 bridgehead atoms. The van der Waals surface area contributed by atoms with Crippen LogP contribution in [-0.2, 0) is 11.3 Å². The van der Waals surface area contributed by atoms with Gasteiger partial charge >= 0.3 is 0 Å². The molecule has 0 saturated heterocycles. The Bertz CT molecular complexity index is 426. The average molecular weight is 258 g/mol. The van der Waals surface area contributed by atoms with Gasteiger partial charge in [0.1, 0.15) is 0 Å². The molecule has 19 heavy (non-hydrogen) atoms. The topological polar surface area (TPSA) is 29.5 Å². The highest BCUT2D eigenvalue weighted by atomic mass is 16.5. The minimum Gasteiger partial charge on any atom is -0.393 e. The van der Waals surface area contributed by atoms with E-state index in [1.165, 1.54) is 5.56 Å². The lowest BCUT2D eigenvalue weighted by atomic mass is 9.82. The Morgan fingerprint density at radius 3 is 2.74 bits per heavy atom. The normalized spacial score (nSPS) is 33.3. The maximum Gasteiger partial charge on any atom is 0.0717 e. The Balaban J connectivity index is 1.53. The van der Waals surface area contributed by atoms with Crippen molar-refractivity contribution in [2.75, 3.05) is 6.61 Å². The Hall–Kier alpha value is -1.12. The summed E-state index contributed by atoms with van der Waals surface area (Å²) in [4.78, 5) is 0. The zero-order valence-corrected chi connectivity index (χ0v) is 11.2. The molecule has 2 heteroatoms. The van der Waals surface area contributed by atoms with Crippen LogP contribution in [0.1, 0.15) is 24.8 Å². The van der Waals surface area contributed by atoms with E-state index in [1.807, 2.05) is 18.2 Å². The molecule has 0 aliphatic heterocycles. The highest BCUT2D eigenvalue weighted by Gasteiger charge is 2.42. The van der Waals surface area contributed by atoms with Crippen molar-refractivity contribution in [3.05, 3.63) is 48.0 Å². The molecule has 1 fully saturated rings. The van der Waals surface area contributed by atoms with Gasteiger partial charge in [-0.1, -0.05) is 42.5 Å². The van der Waals surface area contributed by atoms with Gasteiger partial charge in [0.05, 0.1) is 19.3 Å². The number of aliphatic hydroxyl groups excluding tert-OH is 1. The van der Waals surface area contributed by atoms with Gasteiger partial charge < -0.3 is 9.84 Å². The van der Waals surface area contributed by atoms with Crippen LogP contribution in [0, 0.1) is 17.8 Å². The smallest absolute Gasteiger partial charge is 0.0717 e. The second-order valence-corrected chi connectivity index (χ2v) is 5.83. The molecule has 0 spiro atoms. The van der Waals surface area contributed by atoms with Crippen LogP contribution in [-0.4, -0.2) is 17.8 Å². The summed E-state index contributed by atoms with van der Waals surface area (Å²) in [6, 6.07) is 10.2. The molecule has 3 rings (SSSR count). The van der Waals surface area contributed by atoms with Crippen molar-refractivity contribution in [3.63, 3.8) is 0 Å². The highest BCUT2D eigenvalue weighted by molar-refractivity contribution is 5.13. The summed E-state index contributed by atoms with van der Waals surface area (Å²) in [5, 5.41) is 10.2. The quantitative estimate of drug-likeness (QED) is 0.841. The minimum absolute atomic E-state index is 0.175. The fourth-order valence-electron chi connectivity index (χ4n) is 3.58. The first-order valence-electron chi connectivity index (χ1n) is 7.29. The number of aliphatic hydroxyl groups is 1. The Kier molecular flexibility index (Phi) is 4.00. The third-order valence-corrected chi connectivity index (χ3v) is 4.63. The molecular formula is C17H22O2. The number of fused-ring (bicyclic) bond motifs is 1. The number of rotatable bonds is 4. The van der Waals surface area contributed by atoms with Crippen LogP contribution in [0.5, 0.6) is 0 Å². The first-order valence-corrected chi connectivity index (χ1v) is 7.29. The molecule has 0 heterocycles. The van der Waals surface area contributed by atoms with Gasteiger partial charge in [0.2, 0.25) is 0 Å². The molecule has 1 aromatic rings. The Labute approximate surface area is 115 Å². The van der Waals surface area contributed by atoms with Gasteiger partial charge in [-0.25, -0.2) is 0 Å². The van der Waals surface area contributed by atoms with Crippen LogP contribution in [0.2, 0.25) is 0 Å². The van der Waals surface area contributed by atoms with Crippen molar-refractivity contribution in [2.24, 2.45) is 17.8 Å². The minimum atomic E-state index is -0.175. The summed E-state index contributed by atoms with van der Waals surface area (Å²) in [7, 11) is 0. The number of hydrogen-bond acceptors (Lipinski definition) is 2. The van der Waals surface area contributed by atoms with E-state index in [9.17, 15) is 5.11 Å². The molecule has 2 aliphatic carbocycles. The molecule has 1 saturated carbocycles. The molecular weight excluding hydrogens is 236 g/mol. The van der Waals surface area contributed by atoms with Crippen molar-refractivity contribution < 1.29 is 9.84 Å². The second-order valence-electron chi connectivity index (χ2n) is 5.83. The van der Waals surface area contributed by atoms with Crippen molar-refractivity contribution in [2.45, 2.75) is 32.0 Å². The molecule has 2 aliphatic rings. The van der Waals surface area contributed by atoms with E-state index >= 15 is 0 Å². The van der Waals surface area contributed by atoms with Gasteiger partial charge in [-0.05, 0) is 36.7 Å². The Morgan fingerprint density at radius 1 is 1.11 bits per heavy atom. The van der Waals surface area contributed by atoms with Crippen LogP contribution in [0.25, 0.3) is 0 Å². The maximum atomic E-state index is 10.2. The number of benzene rings is 1. The molecule has 0 radical (unpaired) electrons. The van der Waals surface area contributed by atoms with Crippen molar-refractivity contribution in [3.8, 4) is 0 Å². The van der Waals surface area contributed by atoms with Crippen LogP contribution in [0.15, 0.2) is 42.5 Å². The van der Waals surface area contributed by atoms with E-state index in [0.29, 0.717) is 31.0 Å². The third kappa shape index (κ3) is 2.90. The maximum absolute atomic E-state index is 10.2. The number of allylic oxidation sites excluding steroid dienone is 2. The zero-order valence-electron chi connectivity index (χ0n) is 11.2. The SMILES string of the molecule is O[C@H]1C[C@H]2CC=CC[C@H]2[C@@H]1COCc1ccccc1. The lowest BCUT2D eigenvalue weighted by Gasteiger charge is -2.26. The third-order valence-electron chi connectivity index (χ3n) is 4.63. The monoisotopic (exact) mass is 258 g/mol. The molecule has 2 nitrogen and oxygen atoms in total. The van der Waals surface area contributed by atoms with E-state index in [1.54, 1.807) is 0 Å². The molecule has 0 unspecified atom stereocenters. The molecule has 1 N–H and O–H groups in total. The van der Waals surface area contributed by atoms with Gasteiger partial charge in [0, 0.05) is 5.92 Å². The summed E-state index contributed by atoms with van der Waals surface area (Å²) < 4.78 is 5.84. The van der Waals surface area contributed by atoms with Crippen molar-refractivity contribution >= 4 is 0 Å². The predicted molar refractivity (Wildman–Crippen MR) is 75.6 cm³/mol. The molecule has 0 aromatic heterocycles. The zero-order chi connectivity index (χ0) is 13.1. The first kappa shape index (κ1) is 12.9. The lowest BCUT2D eigenvalue weighted by Crippen LogP contribution is -2.26. The largest absolute Gasteiger partial charge is 0.393 e. The van der Waals surface area contributed by atoms with Gasteiger partial charge in [-0.2, -0.15) is 0 Å². The van der Waals surface area contributed by atoms with Gasteiger partial charge in [0.15, 0.2) is 0 Å². The lowest BCUT2D eigenvalue weighted by molar-refractivity contribution is 0.0206. The fourth-order valence-corrected chi connectivity index (χ4v) is 3.58. The molecule has 102 valence electrons. The average Bonchev–Trinajstić information content (AvgIpc) is 2.76. The van der Waals surface area contributed by atoms with Gasteiger partial charge in [-0.3, -0.25) is 0 Å². The van der Waals surface area contributed by atoms with E-state index in [0.717, 1.165) is 19.3 Å². The van der Waals surface area contributed by atoms with E-state index in [2.05, 4.69) is 24.3 Å².